The van der Waals surface area contributed by atoms with Crippen molar-refractivity contribution in [3.05, 3.63) is 29.7 Å². The van der Waals surface area contributed by atoms with Crippen molar-refractivity contribution >= 4 is 11.6 Å². The van der Waals surface area contributed by atoms with Crippen LogP contribution >= 0.6 is 0 Å². The Kier molecular flexibility index (Phi) is 5.64. The second-order valence-corrected chi connectivity index (χ2v) is 8.51. The topological polar surface area (TPSA) is 65.8 Å². The lowest BCUT2D eigenvalue weighted by molar-refractivity contribution is 0.0437. The molecule has 2 aromatic heterocycles. The van der Waals surface area contributed by atoms with Gasteiger partial charge in [-0.2, -0.15) is 0 Å². The largest absolute Gasteiger partial charge is 0.352 e. The molecular formula is C21H32N6O. The van der Waals surface area contributed by atoms with Gasteiger partial charge in [0.2, 0.25) is 0 Å². The zero-order chi connectivity index (χ0) is 19.7. The number of piperazine rings is 1. The molecule has 7 heteroatoms. The minimum absolute atomic E-state index is 0.0388. The van der Waals surface area contributed by atoms with E-state index in [1.165, 1.54) is 19.4 Å². The molecule has 1 aliphatic heterocycles. The van der Waals surface area contributed by atoms with Crippen molar-refractivity contribution in [2.45, 2.75) is 52.1 Å². The maximum absolute atomic E-state index is 12.4. The standard InChI is InChI=1S/C21H32N6O/c1-4-9-22-21(28)17-7-8-19-23-24-20(27(19)13-17)18-14-25(12-16-5-6-16)10-11-26(18)15(2)3/h7-8,13,15-16,18H,4-6,9-12,14H2,1-3H3,(H,22,28). The lowest BCUT2D eigenvalue weighted by Gasteiger charge is -2.42. The van der Waals surface area contributed by atoms with Crippen LogP contribution in [-0.4, -0.2) is 69.1 Å². The second kappa shape index (κ2) is 8.17. The molecule has 152 valence electrons. The number of rotatable bonds is 7. The summed E-state index contributed by atoms with van der Waals surface area (Å²) in [5.74, 6) is 1.78. The maximum atomic E-state index is 12.4. The summed E-state index contributed by atoms with van der Waals surface area (Å²) in [4.78, 5) is 17.5. The molecule has 1 saturated heterocycles. The number of pyridine rings is 1. The van der Waals surface area contributed by atoms with Gasteiger partial charge in [-0.25, -0.2) is 0 Å². The van der Waals surface area contributed by atoms with Crippen LogP contribution < -0.4 is 5.32 Å². The van der Waals surface area contributed by atoms with E-state index in [-0.39, 0.29) is 11.9 Å². The average molecular weight is 385 g/mol. The SMILES string of the molecule is CCCNC(=O)c1ccc2nnc(C3CN(CC4CC4)CCN3C(C)C)n2c1. The third-order valence-electron chi connectivity index (χ3n) is 5.91. The molecule has 0 spiro atoms. The molecule has 7 nitrogen and oxygen atoms in total. The summed E-state index contributed by atoms with van der Waals surface area (Å²) in [6.07, 6.45) is 5.57. The maximum Gasteiger partial charge on any atom is 0.252 e. The Labute approximate surface area is 167 Å². The van der Waals surface area contributed by atoms with Crippen LogP contribution in [0.3, 0.4) is 0 Å². The molecular weight excluding hydrogens is 352 g/mol. The lowest BCUT2D eigenvalue weighted by atomic mass is 10.1. The Morgan fingerprint density at radius 2 is 2.07 bits per heavy atom. The van der Waals surface area contributed by atoms with Gasteiger partial charge in [-0.3, -0.25) is 19.0 Å². The summed E-state index contributed by atoms with van der Waals surface area (Å²) in [5.41, 5.74) is 1.45. The van der Waals surface area contributed by atoms with Crippen LogP contribution in [-0.2, 0) is 0 Å². The predicted octanol–water partition coefficient (Wildman–Crippen LogP) is 2.35. The number of amides is 1. The summed E-state index contributed by atoms with van der Waals surface area (Å²) in [6.45, 7) is 11.6. The van der Waals surface area contributed by atoms with E-state index in [1.807, 2.05) is 22.7 Å². The second-order valence-electron chi connectivity index (χ2n) is 8.51. The van der Waals surface area contributed by atoms with Crippen LogP contribution in [0.4, 0.5) is 0 Å². The van der Waals surface area contributed by atoms with E-state index in [0.29, 0.717) is 18.2 Å². The monoisotopic (exact) mass is 384 g/mol. The smallest absolute Gasteiger partial charge is 0.252 e. The molecule has 2 aromatic rings. The van der Waals surface area contributed by atoms with E-state index in [1.54, 1.807) is 0 Å². The molecule has 2 aliphatic rings. The Morgan fingerprint density at radius 1 is 1.25 bits per heavy atom. The molecule has 1 unspecified atom stereocenters. The molecule has 1 atom stereocenters. The van der Waals surface area contributed by atoms with Gasteiger partial charge in [-0.1, -0.05) is 6.92 Å². The van der Waals surface area contributed by atoms with E-state index in [2.05, 4.69) is 46.1 Å². The summed E-state index contributed by atoms with van der Waals surface area (Å²) < 4.78 is 2.02. The summed E-state index contributed by atoms with van der Waals surface area (Å²) in [7, 11) is 0. The minimum atomic E-state index is -0.0388. The highest BCUT2D eigenvalue weighted by atomic mass is 16.1. The third kappa shape index (κ3) is 4.05. The fourth-order valence-electron chi connectivity index (χ4n) is 4.14. The molecule has 2 fully saturated rings. The summed E-state index contributed by atoms with van der Waals surface area (Å²) in [5, 5.41) is 11.9. The molecule has 1 amide bonds. The van der Waals surface area contributed by atoms with Gasteiger partial charge in [-0.05, 0) is 51.2 Å². The first kappa shape index (κ1) is 19.3. The van der Waals surface area contributed by atoms with Crippen LogP contribution in [0.25, 0.3) is 5.65 Å². The normalized spacial score (nSPS) is 21.5. The van der Waals surface area contributed by atoms with Gasteiger partial charge in [0.05, 0.1) is 11.6 Å². The van der Waals surface area contributed by atoms with Crippen molar-refractivity contribution < 1.29 is 4.79 Å². The number of nitrogens with one attached hydrogen (secondary N) is 1. The van der Waals surface area contributed by atoms with Crippen molar-refractivity contribution in [1.82, 2.24) is 29.7 Å². The molecule has 1 aliphatic carbocycles. The molecule has 3 heterocycles. The molecule has 0 aromatic carbocycles. The van der Waals surface area contributed by atoms with E-state index >= 15 is 0 Å². The van der Waals surface area contributed by atoms with Gasteiger partial charge < -0.3 is 5.32 Å². The van der Waals surface area contributed by atoms with Gasteiger partial charge in [0, 0.05) is 45.0 Å². The highest BCUT2D eigenvalue weighted by molar-refractivity contribution is 5.94. The molecule has 0 radical (unpaired) electrons. The molecule has 0 bridgehead atoms. The van der Waals surface area contributed by atoms with Gasteiger partial charge in [0.1, 0.15) is 0 Å². The van der Waals surface area contributed by atoms with Crippen molar-refractivity contribution in [2.24, 2.45) is 5.92 Å². The first-order chi connectivity index (χ1) is 13.6. The average Bonchev–Trinajstić information content (AvgIpc) is 3.40. The zero-order valence-corrected chi connectivity index (χ0v) is 17.3. The number of carbonyl (C=O) groups is 1. The Balaban J connectivity index is 1.63. The molecule has 1 saturated carbocycles. The number of fused-ring (bicyclic) bond motifs is 1. The van der Waals surface area contributed by atoms with Crippen molar-refractivity contribution in [2.75, 3.05) is 32.7 Å². The Bertz CT molecular complexity index is 827. The van der Waals surface area contributed by atoms with E-state index in [4.69, 9.17) is 0 Å². The van der Waals surface area contributed by atoms with Crippen LogP contribution in [0.5, 0.6) is 0 Å². The van der Waals surface area contributed by atoms with Crippen LogP contribution in [0.2, 0.25) is 0 Å². The molecule has 4 rings (SSSR count). The molecule has 1 N–H and O–H groups in total. The fourth-order valence-corrected chi connectivity index (χ4v) is 4.14. The molecule has 28 heavy (non-hydrogen) atoms. The van der Waals surface area contributed by atoms with Gasteiger partial charge in [-0.15, -0.1) is 10.2 Å². The van der Waals surface area contributed by atoms with Crippen molar-refractivity contribution in [3.63, 3.8) is 0 Å². The zero-order valence-electron chi connectivity index (χ0n) is 17.3. The van der Waals surface area contributed by atoms with Crippen molar-refractivity contribution in [3.8, 4) is 0 Å². The fraction of sp³-hybridized carbons (Fsp3) is 0.667. The Morgan fingerprint density at radius 3 is 2.79 bits per heavy atom. The first-order valence-corrected chi connectivity index (χ1v) is 10.7. The Hall–Kier alpha value is -1.99. The van der Waals surface area contributed by atoms with Crippen molar-refractivity contribution in [1.29, 1.82) is 0 Å². The van der Waals surface area contributed by atoms with Crippen LogP contribution in [0, 0.1) is 5.92 Å². The number of carbonyl (C=O) groups excluding carboxylic acids is 1. The minimum Gasteiger partial charge on any atom is -0.352 e. The van der Waals surface area contributed by atoms with Gasteiger partial charge in [0.15, 0.2) is 11.5 Å². The van der Waals surface area contributed by atoms with Crippen LogP contribution in [0.15, 0.2) is 18.3 Å². The summed E-state index contributed by atoms with van der Waals surface area (Å²) >= 11 is 0. The predicted molar refractivity (Wildman–Crippen MR) is 109 cm³/mol. The number of nitrogens with zero attached hydrogens (tertiary/aromatic N) is 5. The van der Waals surface area contributed by atoms with Gasteiger partial charge in [0.25, 0.3) is 5.91 Å². The van der Waals surface area contributed by atoms with E-state index in [9.17, 15) is 4.79 Å². The van der Waals surface area contributed by atoms with E-state index in [0.717, 1.165) is 43.4 Å². The first-order valence-electron chi connectivity index (χ1n) is 10.7. The highest BCUT2D eigenvalue weighted by Gasteiger charge is 2.35. The number of hydrogen-bond acceptors (Lipinski definition) is 5. The van der Waals surface area contributed by atoms with Crippen LogP contribution in [0.1, 0.15) is 62.3 Å². The van der Waals surface area contributed by atoms with E-state index < -0.39 is 0 Å². The quantitative estimate of drug-likeness (QED) is 0.794. The summed E-state index contributed by atoms with van der Waals surface area (Å²) in [6, 6.07) is 4.36. The van der Waals surface area contributed by atoms with Gasteiger partial charge >= 0.3 is 0 Å². The lowest BCUT2D eigenvalue weighted by Crippen LogP contribution is -2.51. The highest BCUT2D eigenvalue weighted by Crippen LogP contribution is 2.33. The number of hydrogen-bond donors (Lipinski definition) is 1. The third-order valence-corrected chi connectivity index (χ3v) is 5.91. The number of aromatic nitrogens is 3.